The molecule has 0 atom stereocenters. The van der Waals surface area contributed by atoms with E-state index in [0.29, 0.717) is 0 Å². The van der Waals surface area contributed by atoms with Crippen LogP contribution in [0.25, 0.3) is 0 Å². The molecular formula is C13H25NO2. The second kappa shape index (κ2) is 5.67. The number of hydrogen-bond acceptors (Lipinski definition) is 2. The lowest BCUT2D eigenvalue weighted by molar-refractivity contribution is -0.147. The lowest BCUT2D eigenvalue weighted by Gasteiger charge is -2.29. The fourth-order valence-corrected chi connectivity index (χ4v) is 1.87. The van der Waals surface area contributed by atoms with Gasteiger partial charge in [0.2, 0.25) is 0 Å². The molecule has 0 saturated heterocycles. The van der Waals surface area contributed by atoms with Gasteiger partial charge < -0.3 is 10.0 Å². The quantitative estimate of drug-likeness (QED) is 0.727. The number of carbonyl (C=O) groups is 1. The standard InChI is InChI=1S/C13H25NO2/c1-13(2,12(15)16)8-10-14(3)9-7-11-5-4-6-11/h11H,4-10H2,1-3H3,(H,15,16). The van der Waals surface area contributed by atoms with Gasteiger partial charge in [-0.05, 0) is 52.7 Å². The predicted octanol–water partition coefficient (Wildman–Crippen LogP) is 2.61. The van der Waals surface area contributed by atoms with Crippen molar-refractivity contribution < 1.29 is 9.90 Å². The van der Waals surface area contributed by atoms with Crippen molar-refractivity contribution in [3.8, 4) is 0 Å². The van der Waals surface area contributed by atoms with E-state index < -0.39 is 11.4 Å². The number of nitrogens with zero attached hydrogens (tertiary/aromatic N) is 1. The van der Waals surface area contributed by atoms with Gasteiger partial charge in [0.25, 0.3) is 0 Å². The average Bonchev–Trinajstić information content (AvgIpc) is 2.12. The summed E-state index contributed by atoms with van der Waals surface area (Å²) in [6.45, 7) is 5.59. The minimum absolute atomic E-state index is 0.593. The van der Waals surface area contributed by atoms with Gasteiger partial charge in [-0.3, -0.25) is 4.79 Å². The lowest BCUT2D eigenvalue weighted by atomic mass is 9.83. The fraction of sp³-hybridized carbons (Fsp3) is 0.923. The Hall–Kier alpha value is -0.570. The van der Waals surface area contributed by atoms with E-state index in [4.69, 9.17) is 5.11 Å². The third-order valence-electron chi connectivity index (χ3n) is 3.84. The largest absolute Gasteiger partial charge is 0.481 e. The molecule has 0 amide bonds. The fourth-order valence-electron chi connectivity index (χ4n) is 1.87. The molecule has 0 spiro atoms. The first-order chi connectivity index (χ1) is 7.42. The third kappa shape index (κ3) is 4.12. The maximum absolute atomic E-state index is 10.9. The van der Waals surface area contributed by atoms with Gasteiger partial charge >= 0.3 is 5.97 Å². The molecule has 0 unspecified atom stereocenters. The Bertz CT molecular complexity index is 234. The van der Waals surface area contributed by atoms with Crippen molar-refractivity contribution in [1.82, 2.24) is 4.90 Å². The van der Waals surface area contributed by atoms with Crippen molar-refractivity contribution in [1.29, 1.82) is 0 Å². The minimum atomic E-state index is -0.695. The van der Waals surface area contributed by atoms with Crippen LogP contribution in [0.1, 0.15) is 46.0 Å². The van der Waals surface area contributed by atoms with E-state index in [2.05, 4.69) is 11.9 Å². The van der Waals surface area contributed by atoms with Crippen molar-refractivity contribution >= 4 is 5.97 Å². The molecule has 1 saturated carbocycles. The Kier molecular flexibility index (Phi) is 4.78. The van der Waals surface area contributed by atoms with E-state index in [0.717, 1.165) is 25.4 Å². The summed E-state index contributed by atoms with van der Waals surface area (Å²) in [6.07, 6.45) is 6.21. The van der Waals surface area contributed by atoms with Crippen molar-refractivity contribution in [3.63, 3.8) is 0 Å². The molecule has 1 N–H and O–H groups in total. The zero-order valence-electron chi connectivity index (χ0n) is 10.8. The van der Waals surface area contributed by atoms with Crippen molar-refractivity contribution in [2.24, 2.45) is 11.3 Å². The normalized spacial score (nSPS) is 17.5. The molecule has 1 fully saturated rings. The Balaban J connectivity index is 2.13. The van der Waals surface area contributed by atoms with E-state index in [-0.39, 0.29) is 0 Å². The Morgan fingerprint density at radius 2 is 2.00 bits per heavy atom. The number of rotatable bonds is 7. The molecule has 1 rings (SSSR count). The average molecular weight is 227 g/mol. The van der Waals surface area contributed by atoms with Crippen LogP contribution in [0.2, 0.25) is 0 Å². The molecule has 1 aliphatic rings. The number of aliphatic carboxylic acids is 1. The summed E-state index contributed by atoms with van der Waals surface area (Å²) < 4.78 is 0. The van der Waals surface area contributed by atoms with E-state index in [1.807, 2.05) is 0 Å². The highest BCUT2D eigenvalue weighted by atomic mass is 16.4. The monoisotopic (exact) mass is 227 g/mol. The summed E-state index contributed by atoms with van der Waals surface area (Å²) in [4.78, 5) is 13.2. The minimum Gasteiger partial charge on any atom is -0.481 e. The molecule has 0 heterocycles. The van der Waals surface area contributed by atoms with Crippen LogP contribution in [0, 0.1) is 11.3 Å². The van der Waals surface area contributed by atoms with Gasteiger partial charge in [0, 0.05) is 0 Å². The molecule has 0 aromatic heterocycles. The molecule has 3 heteroatoms. The van der Waals surface area contributed by atoms with Crippen LogP contribution in [0.5, 0.6) is 0 Å². The van der Waals surface area contributed by atoms with E-state index >= 15 is 0 Å². The van der Waals surface area contributed by atoms with Gasteiger partial charge in [-0.2, -0.15) is 0 Å². The maximum atomic E-state index is 10.9. The molecular weight excluding hydrogens is 202 g/mol. The first kappa shape index (κ1) is 13.5. The van der Waals surface area contributed by atoms with E-state index in [1.165, 1.54) is 25.7 Å². The number of carboxylic acids is 1. The van der Waals surface area contributed by atoms with Gasteiger partial charge in [0.05, 0.1) is 5.41 Å². The van der Waals surface area contributed by atoms with Crippen LogP contribution < -0.4 is 0 Å². The van der Waals surface area contributed by atoms with Crippen molar-refractivity contribution in [3.05, 3.63) is 0 Å². The zero-order chi connectivity index (χ0) is 12.2. The predicted molar refractivity (Wildman–Crippen MR) is 65.5 cm³/mol. The number of carboxylic acid groups (broad SMARTS) is 1. The van der Waals surface area contributed by atoms with Gasteiger partial charge in [0.15, 0.2) is 0 Å². The van der Waals surface area contributed by atoms with Crippen LogP contribution >= 0.6 is 0 Å². The van der Waals surface area contributed by atoms with Gasteiger partial charge in [-0.1, -0.05) is 19.3 Å². The highest BCUT2D eigenvalue weighted by Gasteiger charge is 2.27. The summed E-state index contributed by atoms with van der Waals surface area (Å²) in [7, 11) is 2.09. The Morgan fingerprint density at radius 3 is 2.44 bits per heavy atom. The van der Waals surface area contributed by atoms with Crippen LogP contribution in [0.3, 0.4) is 0 Å². The van der Waals surface area contributed by atoms with Crippen LogP contribution in [-0.4, -0.2) is 36.1 Å². The molecule has 0 aromatic rings. The second-order valence-electron chi connectivity index (χ2n) is 5.83. The topological polar surface area (TPSA) is 40.5 Å². The summed E-state index contributed by atoms with van der Waals surface area (Å²) in [5, 5.41) is 9.00. The molecule has 3 nitrogen and oxygen atoms in total. The lowest BCUT2D eigenvalue weighted by Crippen LogP contribution is -2.31. The first-order valence-electron chi connectivity index (χ1n) is 6.34. The summed E-state index contributed by atoms with van der Waals surface area (Å²) in [6, 6.07) is 0. The van der Waals surface area contributed by atoms with Crippen LogP contribution in [-0.2, 0) is 4.79 Å². The zero-order valence-corrected chi connectivity index (χ0v) is 10.8. The summed E-state index contributed by atoms with van der Waals surface area (Å²) >= 11 is 0. The van der Waals surface area contributed by atoms with Gasteiger partial charge in [-0.25, -0.2) is 0 Å². The van der Waals surface area contributed by atoms with Crippen LogP contribution in [0.15, 0.2) is 0 Å². The summed E-state index contributed by atoms with van der Waals surface area (Å²) in [5.41, 5.74) is -0.593. The van der Waals surface area contributed by atoms with Crippen LogP contribution in [0.4, 0.5) is 0 Å². The SMILES string of the molecule is CN(CCC1CCC1)CCC(C)(C)C(=O)O. The van der Waals surface area contributed by atoms with E-state index in [9.17, 15) is 4.79 Å². The molecule has 1 aliphatic carbocycles. The molecule has 0 aromatic carbocycles. The summed E-state index contributed by atoms with van der Waals surface area (Å²) in [5.74, 6) is 0.245. The van der Waals surface area contributed by atoms with Gasteiger partial charge in [0.1, 0.15) is 0 Å². The van der Waals surface area contributed by atoms with Crippen molar-refractivity contribution in [2.75, 3.05) is 20.1 Å². The molecule has 0 aliphatic heterocycles. The highest BCUT2D eigenvalue weighted by molar-refractivity contribution is 5.73. The first-order valence-corrected chi connectivity index (χ1v) is 6.34. The maximum Gasteiger partial charge on any atom is 0.309 e. The third-order valence-corrected chi connectivity index (χ3v) is 3.84. The molecule has 0 bridgehead atoms. The van der Waals surface area contributed by atoms with Crippen molar-refractivity contribution in [2.45, 2.75) is 46.0 Å². The second-order valence-corrected chi connectivity index (χ2v) is 5.83. The Labute approximate surface area is 98.8 Å². The molecule has 0 radical (unpaired) electrons. The van der Waals surface area contributed by atoms with E-state index in [1.54, 1.807) is 13.8 Å². The van der Waals surface area contributed by atoms with Gasteiger partial charge in [-0.15, -0.1) is 0 Å². The Morgan fingerprint density at radius 1 is 1.38 bits per heavy atom. The molecule has 94 valence electrons. The highest BCUT2D eigenvalue weighted by Crippen LogP contribution is 2.29. The molecule has 16 heavy (non-hydrogen) atoms. The smallest absolute Gasteiger partial charge is 0.309 e. The number of hydrogen-bond donors (Lipinski definition) is 1.